The first-order valence-corrected chi connectivity index (χ1v) is 10.5. The molecular weight excluding hydrogens is 421 g/mol. The highest BCUT2D eigenvalue weighted by molar-refractivity contribution is 7.51. The maximum Gasteiger partial charge on any atom is 0.422 e. The number of carbonyl (C=O) groups excluding carboxylic acids is 1. The van der Waals surface area contributed by atoms with Crippen LogP contribution in [0.25, 0.3) is 5.31 Å². The van der Waals surface area contributed by atoms with Crippen LogP contribution in [-0.4, -0.2) is 60.5 Å². The maximum atomic E-state index is 14.2. The number of halogens is 4. The van der Waals surface area contributed by atoms with Gasteiger partial charge in [-0.2, -0.15) is 13.2 Å². The van der Waals surface area contributed by atoms with E-state index in [0.717, 1.165) is 44.0 Å². The predicted octanol–water partition coefficient (Wildman–Crippen LogP) is 3.27. The van der Waals surface area contributed by atoms with Crippen molar-refractivity contribution in [3.8, 4) is 5.75 Å². The van der Waals surface area contributed by atoms with E-state index in [1.807, 2.05) is 18.4 Å². The summed E-state index contributed by atoms with van der Waals surface area (Å²) in [6.45, 7) is 1.96. The van der Waals surface area contributed by atoms with Crippen LogP contribution in [0, 0.1) is 5.82 Å². The van der Waals surface area contributed by atoms with Gasteiger partial charge in [-0.1, -0.05) is 20.7 Å². The van der Waals surface area contributed by atoms with Crippen molar-refractivity contribution in [3.05, 3.63) is 59.7 Å². The molecule has 3 aliphatic rings. The summed E-state index contributed by atoms with van der Waals surface area (Å²) in [6.07, 6.45) is 2.75. The Balaban J connectivity index is 1.50. The van der Waals surface area contributed by atoms with Crippen LogP contribution >= 0.6 is 8.58 Å². The summed E-state index contributed by atoms with van der Waals surface area (Å²) in [7, 11) is 0.186. The van der Waals surface area contributed by atoms with Gasteiger partial charge < -0.3 is 19.9 Å². The summed E-state index contributed by atoms with van der Waals surface area (Å²) in [5.74, 6) is -1.72. The van der Waals surface area contributed by atoms with Crippen LogP contribution in [-0.2, 0) is 4.79 Å². The summed E-state index contributed by atoms with van der Waals surface area (Å²) in [4.78, 5) is 16.6. The first-order chi connectivity index (χ1) is 14.3. The number of amides is 1. The minimum absolute atomic E-state index is 0.159. The molecule has 0 radical (unpaired) electrons. The fourth-order valence-corrected chi connectivity index (χ4v) is 4.87. The third kappa shape index (κ3) is 4.68. The van der Waals surface area contributed by atoms with E-state index in [4.69, 9.17) is 0 Å². The average molecular weight is 441 g/mol. The van der Waals surface area contributed by atoms with Crippen molar-refractivity contribution in [3.63, 3.8) is 0 Å². The number of nitrogens with one attached hydrogen (secondary N) is 1. The lowest BCUT2D eigenvalue weighted by atomic mass is 10.1. The molecule has 3 heterocycles. The van der Waals surface area contributed by atoms with Crippen LogP contribution in [0.2, 0.25) is 0 Å². The van der Waals surface area contributed by atoms with Crippen molar-refractivity contribution in [2.75, 3.05) is 32.8 Å². The van der Waals surface area contributed by atoms with Gasteiger partial charge in [-0.25, -0.2) is 4.39 Å². The normalized spacial score (nSPS) is 22.7. The van der Waals surface area contributed by atoms with Crippen LogP contribution < -0.4 is 10.1 Å². The SMILES string of the molecule is O=C1C=C(c2ccc(OCC(F)(F)F)c(F)c2)PC2C=CC(N3CCNCC3)=CN12. The van der Waals surface area contributed by atoms with Gasteiger partial charge in [0, 0.05) is 38.5 Å². The number of rotatable bonds is 4. The smallest absolute Gasteiger partial charge is 0.422 e. The molecule has 3 aliphatic heterocycles. The molecule has 1 amide bonds. The lowest BCUT2D eigenvalue weighted by Gasteiger charge is -2.37. The Morgan fingerprint density at radius 2 is 2.00 bits per heavy atom. The molecule has 1 aromatic carbocycles. The van der Waals surface area contributed by atoms with Crippen LogP contribution in [0.3, 0.4) is 0 Å². The van der Waals surface area contributed by atoms with E-state index in [9.17, 15) is 22.4 Å². The summed E-state index contributed by atoms with van der Waals surface area (Å²) in [6, 6.07) is 3.75. The van der Waals surface area contributed by atoms with Gasteiger partial charge in [-0.05, 0) is 29.1 Å². The molecular formula is C20H20F4N3O2P. The van der Waals surface area contributed by atoms with Gasteiger partial charge in [0.1, 0.15) is 0 Å². The molecule has 1 fully saturated rings. The first kappa shape index (κ1) is 20.9. The van der Waals surface area contributed by atoms with E-state index in [1.165, 1.54) is 12.1 Å². The van der Waals surface area contributed by atoms with E-state index in [2.05, 4.69) is 15.0 Å². The minimum Gasteiger partial charge on any atom is -0.481 e. The van der Waals surface area contributed by atoms with Gasteiger partial charge in [0.2, 0.25) is 0 Å². The second-order valence-corrected chi connectivity index (χ2v) is 8.51. The Kier molecular flexibility index (Phi) is 5.84. The van der Waals surface area contributed by atoms with Crippen molar-refractivity contribution >= 4 is 19.8 Å². The molecule has 1 aromatic rings. The van der Waals surface area contributed by atoms with Gasteiger partial charge in [0.05, 0.1) is 11.5 Å². The minimum atomic E-state index is -4.54. The first-order valence-electron chi connectivity index (χ1n) is 9.46. The predicted molar refractivity (Wildman–Crippen MR) is 107 cm³/mol. The molecule has 5 nitrogen and oxygen atoms in total. The van der Waals surface area contributed by atoms with Gasteiger partial charge in [0.25, 0.3) is 5.91 Å². The fraction of sp³-hybridized carbons (Fsp3) is 0.350. The van der Waals surface area contributed by atoms with Crippen LogP contribution in [0.4, 0.5) is 17.6 Å². The molecule has 30 heavy (non-hydrogen) atoms. The van der Waals surface area contributed by atoms with Crippen molar-refractivity contribution in [2.45, 2.75) is 12.0 Å². The van der Waals surface area contributed by atoms with Gasteiger partial charge in [-0.15, -0.1) is 0 Å². The zero-order valence-corrected chi connectivity index (χ0v) is 16.9. The van der Waals surface area contributed by atoms with Crippen molar-refractivity contribution < 1.29 is 27.1 Å². The molecule has 0 aliphatic carbocycles. The summed E-state index contributed by atoms with van der Waals surface area (Å²) in [5, 5.41) is 3.95. The Morgan fingerprint density at radius 3 is 2.70 bits per heavy atom. The van der Waals surface area contributed by atoms with Crippen molar-refractivity contribution in [1.82, 2.24) is 15.1 Å². The number of carbonyl (C=O) groups is 1. The quantitative estimate of drug-likeness (QED) is 0.576. The van der Waals surface area contributed by atoms with Crippen molar-refractivity contribution in [2.24, 2.45) is 0 Å². The monoisotopic (exact) mass is 441 g/mol. The van der Waals surface area contributed by atoms with E-state index in [0.29, 0.717) is 10.9 Å². The fourth-order valence-electron chi connectivity index (χ4n) is 3.49. The highest BCUT2D eigenvalue weighted by Gasteiger charge is 2.31. The molecule has 1 saturated heterocycles. The zero-order valence-electron chi connectivity index (χ0n) is 15.9. The Hall–Kier alpha value is -2.38. The lowest BCUT2D eigenvalue weighted by molar-refractivity contribution is -0.153. The maximum absolute atomic E-state index is 14.2. The molecule has 0 aromatic heterocycles. The molecule has 160 valence electrons. The summed E-state index contributed by atoms with van der Waals surface area (Å²) < 4.78 is 55.5. The van der Waals surface area contributed by atoms with Crippen LogP contribution in [0.15, 0.2) is 48.3 Å². The molecule has 0 saturated carbocycles. The zero-order chi connectivity index (χ0) is 21.3. The number of fused-ring (bicyclic) bond motifs is 1. The Labute approximate surface area is 172 Å². The average Bonchev–Trinajstić information content (AvgIpc) is 2.72. The number of alkyl halides is 3. The van der Waals surface area contributed by atoms with Gasteiger partial charge in [0.15, 0.2) is 18.2 Å². The number of nitrogens with zero attached hydrogens (tertiary/aromatic N) is 2. The third-order valence-electron chi connectivity index (χ3n) is 4.96. The summed E-state index contributed by atoms with van der Waals surface area (Å²) >= 11 is 0. The largest absolute Gasteiger partial charge is 0.481 e. The Morgan fingerprint density at radius 1 is 1.23 bits per heavy atom. The van der Waals surface area contributed by atoms with Crippen molar-refractivity contribution in [1.29, 1.82) is 0 Å². The van der Waals surface area contributed by atoms with Gasteiger partial charge in [-0.3, -0.25) is 4.79 Å². The standard InChI is InChI=1S/C20H20F4N3O2P/c21-15-9-13(1-3-16(15)29-12-20(22,23)24)17-10-18(28)27-11-14(2-4-19(27)30-17)26-7-5-25-6-8-26/h1-4,9-11,19,25,30H,5-8,12H2. The van der Waals surface area contributed by atoms with E-state index in [-0.39, 0.29) is 20.3 Å². The third-order valence-corrected chi connectivity index (χ3v) is 6.47. The highest BCUT2D eigenvalue weighted by atomic mass is 31.1. The molecule has 0 spiro atoms. The molecule has 1 N–H and O–H groups in total. The molecule has 4 rings (SSSR count). The summed E-state index contributed by atoms with van der Waals surface area (Å²) in [5.41, 5.74) is 1.45. The molecule has 2 unspecified atom stereocenters. The number of allylic oxidation sites excluding steroid dienone is 1. The number of piperazine rings is 1. The topological polar surface area (TPSA) is 44.8 Å². The van der Waals surface area contributed by atoms with E-state index < -0.39 is 24.3 Å². The second-order valence-electron chi connectivity index (χ2n) is 7.09. The number of hydrogen-bond acceptors (Lipinski definition) is 4. The molecule has 2 atom stereocenters. The number of hydrogen-bond donors (Lipinski definition) is 1. The lowest BCUT2D eigenvalue weighted by Crippen LogP contribution is -2.44. The van der Waals surface area contributed by atoms with Gasteiger partial charge >= 0.3 is 6.18 Å². The van der Waals surface area contributed by atoms with Crippen LogP contribution in [0.5, 0.6) is 5.75 Å². The Bertz CT molecular complexity index is 923. The molecule has 10 heteroatoms. The molecule has 0 bridgehead atoms. The number of benzene rings is 1. The second kappa shape index (κ2) is 8.40. The van der Waals surface area contributed by atoms with E-state index in [1.54, 1.807) is 4.90 Å². The van der Waals surface area contributed by atoms with Crippen LogP contribution in [0.1, 0.15) is 5.56 Å². The van der Waals surface area contributed by atoms with E-state index >= 15 is 0 Å². The number of ether oxygens (including phenoxy) is 1. The highest BCUT2D eigenvalue weighted by Crippen LogP contribution is 2.45.